The predicted molar refractivity (Wildman–Crippen MR) is 153 cm³/mol. The summed E-state index contributed by atoms with van der Waals surface area (Å²) in [5, 5.41) is 3.56. The van der Waals surface area contributed by atoms with Crippen LogP contribution in [0.2, 0.25) is 10.0 Å². The first-order valence-corrected chi connectivity index (χ1v) is 14.9. The highest BCUT2D eigenvalue weighted by molar-refractivity contribution is 7.92. The first kappa shape index (κ1) is 30.4. The minimum absolute atomic E-state index is 0.0765. The smallest absolute Gasteiger partial charge is 0.244 e. The lowest BCUT2D eigenvalue weighted by Crippen LogP contribution is -2.53. The van der Waals surface area contributed by atoms with Gasteiger partial charge in [-0.15, -0.1) is 0 Å². The molecule has 0 aliphatic carbocycles. The second kappa shape index (κ2) is 13.8. The maximum atomic E-state index is 13.9. The van der Waals surface area contributed by atoms with Crippen molar-refractivity contribution < 1.29 is 22.4 Å². The van der Waals surface area contributed by atoms with Crippen molar-refractivity contribution in [3.8, 4) is 0 Å². The van der Waals surface area contributed by atoms with Gasteiger partial charge in [-0.05, 0) is 53.9 Å². The molecule has 0 bridgehead atoms. The summed E-state index contributed by atoms with van der Waals surface area (Å²) in [6, 6.07) is 17.8. The summed E-state index contributed by atoms with van der Waals surface area (Å²) in [6.45, 7) is 1.63. The summed E-state index contributed by atoms with van der Waals surface area (Å²) in [6.07, 6.45) is 1.83. The maximum Gasteiger partial charge on any atom is 0.244 e. The molecule has 0 heterocycles. The van der Waals surface area contributed by atoms with E-state index < -0.39 is 34.3 Å². The molecule has 3 rings (SSSR count). The van der Waals surface area contributed by atoms with Gasteiger partial charge in [0.15, 0.2) is 0 Å². The maximum absolute atomic E-state index is 13.9. The lowest BCUT2D eigenvalue weighted by molar-refractivity contribution is -0.140. The van der Waals surface area contributed by atoms with Gasteiger partial charge in [0.2, 0.25) is 21.8 Å². The summed E-state index contributed by atoms with van der Waals surface area (Å²) in [5.41, 5.74) is 1.46. The highest BCUT2D eigenvalue weighted by Crippen LogP contribution is 2.25. The van der Waals surface area contributed by atoms with Gasteiger partial charge >= 0.3 is 0 Å². The number of nitrogens with zero attached hydrogens (tertiary/aromatic N) is 2. The fraction of sp³-hybridized carbons (Fsp3) is 0.286. The Morgan fingerprint density at radius 1 is 1.00 bits per heavy atom. The highest BCUT2D eigenvalue weighted by Gasteiger charge is 2.33. The molecule has 0 unspecified atom stereocenters. The summed E-state index contributed by atoms with van der Waals surface area (Å²) in [5.74, 6) is -1.57. The normalized spacial score (nSPS) is 12.0. The van der Waals surface area contributed by atoms with Crippen molar-refractivity contribution >= 4 is 50.7 Å². The van der Waals surface area contributed by atoms with E-state index in [1.165, 1.54) is 23.1 Å². The molecule has 1 atom stereocenters. The molecule has 1 N–H and O–H groups in total. The molecule has 0 fully saturated rings. The van der Waals surface area contributed by atoms with Crippen LogP contribution in [0, 0.1) is 5.82 Å². The van der Waals surface area contributed by atoms with Gasteiger partial charge in [-0.2, -0.15) is 0 Å². The van der Waals surface area contributed by atoms with E-state index in [-0.39, 0.29) is 24.6 Å². The standard InChI is InChI=1S/C28H30Cl2FN3O4S/c1-3-15-32-28(36)26(16-20-7-5-4-6-8-20)33(18-21-9-10-22(29)17-25(21)30)27(35)19-34(39(2,37)38)24-13-11-23(31)12-14-24/h4-14,17,26H,3,15-16,18-19H2,1-2H3,(H,32,36)/t26-/m1/s1. The number of sulfonamides is 1. The van der Waals surface area contributed by atoms with E-state index in [0.29, 0.717) is 28.6 Å². The van der Waals surface area contributed by atoms with Crippen molar-refractivity contribution in [2.75, 3.05) is 23.7 Å². The van der Waals surface area contributed by atoms with Gasteiger partial charge in [0.25, 0.3) is 0 Å². The first-order chi connectivity index (χ1) is 18.5. The second-order valence-electron chi connectivity index (χ2n) is 9.00. The van der Waals surface area contributed by atoms with Crippen LogP contribution in [-0.2, 0) is 32.6 Å². The molecule has 3 aromatic carbocycles. The van der Waals surface area contributed by atoms with Gasteiger partial charge in [-0.1, -0.05) is 66.5 Å². The number of nitrogens with one attached hydrogen (secondary N) is 1. The molecule has 7 nitrogen and oxygen atoms in total. The van der Waals surface area contributed by atoms with Crippen LogP contribution in [0.3, 0.4) is 0 Å². The van der Waals surface area contributed by atoms with E-state index in [4.69, 9.17) is 23.2 Å². The van der Waals surface area contributed by atoms with Gasteiger partial charge < -0.3 is 10.2 Å². The lowest BCUT2D eigenvalue weighted by atomic mass is 10.0. The molecular formula is C28H30Cl2FN3O4S. The lowest BCUT2D eigenvalue weighted by Gasteiger charge is -2.33. The Morgan fingerprint density at radius 3 is 2.26 bits per heavy atom. The predicted octanol–water partition coefficient (Wildman–Crippen LogP) is 5.06. The van der Waals surface area contributed by atoms with Crippen LogP contribution in [0.4, 0.5) is 10.1 Å². The molecule has 0 spiro atoms. The fourth-order valence-electron chi connectivity index (χ4n) is 3.97. The van der Waals surface area contributed by atoms with Crippen LogP contribution in [0.5, 0.6) is 0 Å². The molecule has 0 saturated carbocycles. The van der Waals surface area contributed by atoms with Gasteiger partial charge in [-0.3, -0.25) is 13.9 Å². The third-order valence-corrected chi connectivity index (χ3v) is 7.70. The van der Waals surface area contributed by atoms with E-state index in [0.717, 1.165) is 28.3 Å². The van der Waals surface area contributed by atoms with Crippen molar-refractivity contribution in [1.29, 1.82) is 0 Å². The number of anilines is 1. The second-order valence-corrected chi connectivity index (χ2v) is 11.8. The molecule has 0 aliphatic rings. The Hall–Kier alpha value is -3.14. The number of halogens is 3. The van der Waals surface area contributed by atoms with E-state index in [1.54, 1.807) is 12.1 Å². The minimum atomic E-state index is -3.95. The summed E-state index contributed by atoms with van der Waals surface area (Å²) >= 11 is 12.5. The van der Waals surface area contributed by atoms with Crippen molar-refractivity contribution in [3.05, 3.63) is 99.8 Å². The molecule has 208 valence electrons. The van der Waals surface area contributed by atoms with E-state index in [2.05, 4.69) is 5.32 Å². The van der Waals surface area contributed by atoms with Crippen molar-refractivity contribution in [2.24, 2.45) is 0 Å². The van der Waals surface area contributed by atoms with Crippen molar-refractivity contribution in [2.45, 2.75) is 32.4 Å². The number of carbonyl (C=O) groups excluding carboxylic acids is 2. The van der Waals surface area contributed by atoms with E-state index in [1.807, 2.05) is 37.3 Å². The van der Waals surface area contributed by atoms with Crippen LogP contribution in [0.25, 0.3) is 0 Å². The van der Waals surface area contributed by atoms with E-state index >= 15 is 0 Å². The molecule has 39 heavy (non-hydrogen) atoms. The van der Waals surface area contributed by atoms with Crippen LogP contribution < -0.4 is 9.62 Å². The molecule has 0 aliphatic heterocycles. The Bertz CT molecular complexity index is 1390. The fourth-order valence-corrected chi connectivity index (χ4v) is 5.29. The van der Waals surface area contributed by atoms with Gasteiger partial charge in [0.1, 0.15) is 18.4 Å². The number of carbonyl (C=O) groups is 2. The molecule has 0 aromatic heterocycles. The SMILES string of the molecule is CCCNC(=O)[C@@H](Cc1ccccc1)N(Cc1ccc(Cl)cc1Cl)C(=O)CN(c1ccc(F)cc1)S(C)(=O)=O. The topological polar surface area (TPSA) is 86.8 Å². The van der Waals surface area contributed by atoms with Gasteiger partial charge in [0, 0.05) is 29.6 Å². The molecular weight excluding hydrogens is 564 g/mol. The Kier molecular flexibility index (Phi) is 10.7. The highest BCUT2D eigenvalue weighted by atomic mass is 35.5. The number of hydrogen-bond donors (Lipinski definition) is 1. The number of hydrogen-bond acceptors (Lipinski definition) is 4. The summed E-state index contributed by atoms with van der Waals surface area (Å²) < 4.78 is 39.8. The first-order valence-electron chi connectivity index (χ1n) is 12.3. The summed E-state index contributed by atoms with van der Waals surface area (Å²) in [7, 11) is -3.95. The third kappa shape index (κ3) is 8.68. The van der Waals surface area contributed by atoms with Gasteiger partial charge in [-0.25, -0.2) is 12.8 Å². The van der Waals surface area contributed by atoms with Crippen LogP contribution in [0.1, 0.15) is 24.5 Å². The van der Waals surface area contributed by atoms with Gasteiger partial charge in [0.05, 0.1) is 11.9 Å². The Balaban J connectivity index is 2.06. The average molecular weight is 595 g/mol. The molecule has 0 saturated heterocycles. The monoisotopic (exact) mass is 593 g/mol. The Morgan fingerprint density at radius 2 is 1.67 bits per heavy atom. The number of rotatable bonds is 12. The Labute approximate surface area is 238 Å². The number of benzene rings is 3. The largest absolute Gasteiger partial charge is 0.354 e. The zero-order valence-electron chi connectivity index (χ0n) is 21.6. The van der Waals surface area contributed by atoms with Crippen molar-refractivity contribution in [3.63, 3.8) is 0 Å². The molecule has 3 aromatic rings. The van der Waals surface area contributed by atoms with Crippen molar-refractivity contribution in [1.82, 2.24) is 10.2 Å². The molecule has 0 radical (unpaired) electrons. The minimum Gasteiger partial charge on any atom is -0.354 e. The average Bonchev–Trinajstić information content (AvgIpc) is 2.89. The third-order valence-electron chi connectivity index (χ3n) is 5.97. The quantitative estimate of drug-likeness (QED) is 0.318. The van der Waals surface area contributed by atoms with Crippen LogP contribution >= 0.6 is 23.2 Å². The zero-order valence-corrected chi connectivity index (χ0v) is 23.9. The molecule has 2 amide bonds. The zero-order chi connectivity index (χ0) is 28.6. The molecule has 11 heteroatoms. The summed E-state index contributed by atoms with van der Waals surface area (Å²) in [4.78, 5) is 28.7. The van der Waals surface area contributed by atoms with Crippen LogP contribution in [0.15, 0.2) is 72.8 Å². The van der Waals surface area contributed by atoms with E-state index in [9.17, 15) is 22.4 Å². The number of amides is 2. The van der Waals surface area contributed by atoms with Crippen LogP contribution in [-0.4, -0.2) is 50.5 Å².